The molecule has 0 aliphatic carbocycles. The van der Waals surface area contributed by atoms with Crippen molar-refractivity contribution >= 4 is 44.3 Å². The predicted octanol–water partition coefficient (Wildman–Crippen LogP) is 5.05. The lowest BCUT2D eigenvalue weighted by Gasteiger charge is -2.06. The summed E-state index contributed by atoms with van der Waals surface area (Å²) in [7, 11) is 0. The van der Waals surface area contributed by atoms with E-state index in [-0.39, 0.29) is 0 Å². The molecule has 0 unspecified atom stereocenters. The Morgan fingerprint density at radius 1 is 1.06 bits per heavy atom. The predicted molar refractivity (Wildman–Crippen MR) is 85.1 cm³/mol. The van der Waals surface area contributed by atoms with Crippen LogP contribution in [0.2, 0.25) is 0 Å². The van der Waals surface area contributed by atoms with E-state index in [1.165, 1.54) is 17.3 Å². The van der Waals surface area contributed by atoms with Gasteiger partial charge in [0.25, 0.3) is 0 Å². The largest absolute Gasteiger partial charge is 0.440 e. The molecule has 0 heterocycles. The number of hydrogen-bond acceptors (Lipinski definition) is 3. The average molecular weight is 339 g/mol. The minimum absolute atomic E-state index is 0.543. The van der Waals surface area contributed by atoms with Crippen LogP contribution in [0.1, 0.15) is 5.56 Å². The third-order valence-corrected chi connectivity index (χ3v) is 3.98. The highest BCUT2D eigenvalue weighted by atomic mass is 79.9. The normalized spacial score (nSPS) is 10.1. The zero-order chi connectivity index (χ0) is 12.8. The molecule has 0 aliphatic rings. The van der Waals surface area contributed by atoms with Crippen LogP contribution in [0.15, 0.2) is 59.1 Å². The number of ether oxygens (including phenoxy) is 1. The van der Waals surface area contributed by atoms with Gasteiger partial charge in [0.05, 0.1) is 0 Å². The molecule has 0 aromatic heterocycles. The molecular weight excluding hydrogens is 328 g/mol. The molecule has 0 spiro atoms. The van der Waals surface area contributed by atoms with Gasteiger partial charge >= 0.3 is 0 Å². The summed E-state index contributed by atoms with van der Waals surface area (Å²) >= 11 is 10.1. The van der Waals surface area contributed by atoms with E-state index >= 15 is 0 Å². The van der Waals surface area contributed by atoms with Crippen LogP contribution in [0.3, 0.4) is 0 Å². The monoisotopic (exact) mass is 338 g/mol. The van der Waals surface area contributed by atoms with Gasteiger partial charge < -0.3 is 4.74 Å². The van der Waals surface area contributed by atoms with Gasteiger partial charge in [0, 0.05) is 10.2 Å². The van der Waals surface area contributed by atoms with Gasteiger partial charge in [-0.1, -0.05) is 58.0 Å². The van der Waals surface area contributed by atoms with Gasteiger partial charge in [0.1, 0.15) is 5.75 Å². The highest BCUT2D eigenvalue weighted by molar-refractivity contribution is 9.10. The fourth-order valence-electron chi connectivity index (χ4n) is 1.34. The molecule has 92 valence electrons. The third kappa shape index (κ3) is 4.44. The molecule has 18 heavy (non-hydrogen) atoms. The maximum atomic E-state index is 5.56. The number of thiocarbonyl (C=S) groups is 1. The fraction of sp³-hybridized carbons (Fsp3) is 0.0714. The van der Waals surface area contributed by atoms with Crippen LogP contribution in [0.25, 0.3) is 0 Å². The van der Waals surface area contributed by atoms with Crippen molar-refractivity contribution in [3.8, 4) is 5.75 Å². The molecule has 1 nitrogen and oxygen atoms in total. The van der Waals surface area contributed by atoms with Gasteiger partial charge in [0.2, 0.25) is 4.38 Å². The van der Waals surface area contributed by atoms with Gasteiger partial charge in [-0.3, -0.25) is 0 Å². The molecule has 2 rings (SSSR count). The van der Waals surface area contributed by atoms with Crippen molar-refractivity contribution in [3.05, 3.63) is 64.6 Å². The van der Waals surface area contributed by atoms with Crippen LogP contribution in [0.4, 0.5) is 0 Å². The van der Waals surface area contributed by atoms with Crippen molar-refractivity contribution in [2.75, 3.05) is 0 Å². The molecular formula is C14H11BrOS2. The van der Waals surface area contributed by atoms with E-state index in [0.717, 1.165) is 16.0 Å². The Bertz CT molecular complexity index is 511. The summed E-state index contributed by atoms with van der Waals surface area (Å²) in [5.41, 5.74) is 1.24. The molecule has 0 aliphatic heterocycles. The molecule has 0 bridgehead atoms. The van der Waals surface area contributed by atoms with Crippen molar-refractivity contribution in [1.29, 1.82) is 0 Å². The van der Waals surface area contributed by atoms with Gasteiger partial charge in [0.15, 0.2) is 0 Å². The van der Waals surface area contributed by atoms with Crippen LogP contribution in [0.5, 0.6) is 5.75 Å². The molecule has 4 heteroatoms. The van der Waals surface area contributed by atoms with Gasteiger partial charge in [-0.2, -0.15) is 0 Å². The summed E-state index contributed by atoms with van der Waals surface area (Å²) in [5.74, 6) is 1.60. The highest BCUT2D eigenvalue weighted by Crippen LogP contribution is 2.20. The number of halogens is 1. The topological polar surface area (TPSA) is 9.23 Å². The number of thioether (sulfide) groups is 1. The molecule has 0 radical (unpaired) electrons. The maximum absolute atomic E-state index is 5.56. The molecule has 0 atom stereocenters. The first-order chi connectivity index (χ1) is 8.74. The zero-order valence-electron chi connectivity index (χ0n) is 9.51. The Kier molecular flexibility index (Phi) is 5.23. The summed E-state index contributed by atoms with van der Waals surface area (Å²) in [6.07, 6.45) is 0. The van der Waals surface area contributed by atoms with Crippen molar-refractivity contribution in [3.63, 3.8) is 0 Å². The first kappa shape index (κ1) is 13.6. The summed E-state index contributed by atoms with van der Waals surface area (Å²) < 4.78 is 7.13. The Morgan fingerprint density at radius 2 is 1.72 bits per heavy atom. The molecule has 2 aromatic rings. The molecule has 2 aromatic carbocycles. The molecule has 0 saturated carbocycles. The Morgan fingerprint density at radius 3 is 2.39 bits per heavy atom. The van der Waals surface area contributed by atoms with E-state index in [9.17, 15) is 0 Å². The standard InChI is InChI=1S/C14H11BrOS2/c15-12-6-8-13(9-7-12)16-14(17)18-10-11-4-2-1-3-5-11/h1-9H,10H2. The average Bonchev–Trinajstić information content (AvgIpc) is 2.40. The minimum Gasteiger partial charge on any atom is -0.440 e. The SMILES string of the molecule is S=C(Oc1ccc(Br)cc1)SCc1ccccc1. The van der Waals surface area contributed by atoms with Crippen molar-refractivity contribution in [2.24, 2.45) is 0 Å². The summed E-state index contributed by atoms with van der Waals surface area (Å²) in [4.78, 5) is 0. The van der Waals surface area contributed by atoms with Crippen LogP contribution in [0, 0.1) is 0 Å². The Hall–Kier alpha value is -0.840. The molecule has 0 fully saturated rings. The van der Waals surface area contributed by atoms with Crippen LogP contribution in [-0.2, 0) is 5.75 Å². The summed E-state index contributed by atoms with van der Waals surface area (Å²) in [5, 5.41) is 0. The second-order valence-electron chi connectivity index (χ2n) is 3.58. The molecule has 0 saturated heterocycles. The van der Waals surface area contributed by atoms with E-state index in [2.05, 4.69) is 28.1 Å². The number of hydrogen-bond donors (Lipinski definition) is 0. The van der Waals surface area contributed by atoms with Crippen molar-refractivity contribution in [1.82, 2.24) is 0 Å². The van der Waals surface area contributed by atoms with Gasteiger partial charge in [-0.25, -0.2) is 0 Å². The Balaban J connectivity index is 1.84. The lowest BCUT2D eigenvalue weighted by atomic mass is 10.2. The first-order valence-electron chi connectivity index (χ1n) is 5.38. The fourth-order valence-corrected chi connectivity index (χ4v) is 2.51. The van der Waals surface area contributed by atoms with E-state index < -0.39 is 0 Å². The van der Waals surface area contributed by atoms with Gasteiger partial charge in [-0.15, -0.1) is 0 Å². The smallest absolute Gasteiger partial charge is 0.226 e. The van der Waals surface area contributed by atoms with Crippen molar-refractivity contribution < 1.29 is 4.74 Å². The van der Waals surface area contributed by atoms with Crippen LogP contribution >= 0.6 is 39.9 Å². The second-order valence-corrected chi connectivity index (χ2v) is 6.07. The lowest BCUT2D eigenvalue weighted by Crippen LogP contribution is -2.00. The quantitative estimate of drug-likeness (QED) is 0.725. The number of rotatable bonds is 3. The zero-order valence-corrected chi connectivity index (χ0v) is 12.7. The van der Waals surface area contributed by atoms with Crippen molar-refractivity contribution in [2.45, 2.75) is 5.75 Å². The summed E-state index contributed by atoms with van der Waals surface area (Å²) in [6, 6.07) is 17.8. The first-order valence-corrected chi connectivity index (χ1v) is 7.57. The van der Waals surface area contributed by atoms with Crippen LogP contribution in [-0.4, -0.2) is 4.38 Å². The summed E-state index contributed by atoms with van der Waals surface area (Å²) in [6.45, 7) is 0. The minimum atomic E-state index is 0.543. The highest BCUT2D eigenvalue weighted by Gasteiger charge is 2.02. The molecule has 0 amide bonds. The maximum Gasteiger partial charge on any atom is 0.226 e. The van der Waals surface area contributed by atoms with E-state index in [4.69, 9.17) is 17.0 Å². The van der Waals surface area contributed by atoms with Gasteiger partial charge in [-0.05, 0) is 42.0 Å². The molecule has 0 N–H and O–H groups in total. The van der Waals surface area contributed by atoms with E-state index in [0.29, 0.717) is 4.38 Å². The van der Waals surface area contributed by atoms with E-state index in [1.54, 1.807) is 0 Å². The third-order valence-electron chi connectivity index (χ3n) is 2.21. The van der Waals surface area contributed by atoms with E-state index in [1.807, 2.05) is 42.5 Å². The second kappa shape index (κ2) is 6.92. The Labute approximate surface area is 125 Å². The van der Waals surface area contributed by atoms with Crippen LogP contribution < -0.4 is 4.74 Å². The number of benzene rings is 2. The lowest BCUT2D eigenvalue weighted by molar-refractivity contribution is 0.579.